The zero-order valence-electron chi connectivity index (χ0n) is 22.4. The van der Waals surface area contributed by atoms with Gasteiger partial charge in [0, 0.05) is 11.5 Å². The predicted molar refractivity (Wildman–Crippen MR) is 152 cm³/mol. The maximum absolute atomic E-state index is 14.4. The quantitative estimate of drug-likeness (QED) is 0.183. The average molecular weight is 544 g/mol. The Hall–Kier alpha value is -4.91. The van der Waals surface area contributed by atoms with Crippen LogP contribution in [0.4, 0.5) is 5.69 Å². The Morgan fingerprint density at radius 1 is 0.780 bits per heavy atom. The van der Waals surface area contributed by atoms with Crippen molar-refractivity contribution in [3.63, 3.8) is 0 Å². The molecule has 1 saturated heterocycles. The van der Waals surface area contributed by atoms with Crippen LogP contribution in [0.25, 0.3) is 16.3 Å². The summed E-state index contributed by atoms with van der Waals surface area (Å²) in [5.41, 5.74) is 4.73. The van der Waals surface area contributed by atoms with E-state index in [1.807, 2.05) is 86.7 Å². The number of carbonyl (C=O) groups is 3. The Morgan fingerprint density at radius 2 is 1.56 bits per heavy atom. The van der Waals surface area contributed by atoms with Gasteiger partial charge in [0.1, 0.15) is 5.75 Å². The molecule has 4 aromatic rings. The van der Waals surface area contributed by atoms with Crippen molar-refractivity contribution in [3.8, 4) is 17.2 Å². The van der Waals surface area contributed by atoms with Crippen LogP contribution in [0.1, 0.15) is 28.2 Å². The number of rotatable bonds is 2. The fourth-order valence-corrected chi connectivity index (χ4v) is 7.07. The second kappa shape index (κ2) is 8.54. The van der Waals surface area contributed by atoms with Gasteiger partial charge in [-0.2, -0.15) is 0 Å². The third kappa shape index (κ3) is 3.35. The second-order valence-electron chi connectivity index (χ2n) is 11.2. The molecule has 4 aromatic carbocycles. The van der Waals surface area contributed by atoms with Crippen LogP contribution in [0.15, 0.2) is 78.9 Å². The lowest BCUT2D eigenvalue weighted by Gasteiger charge is -2.38. The molecule has 7 heteroatoms. The summed E-state index contributed by atoms with van der Waals surface area (Å²) in [6, 6.07) is 22.9. The van der Waals surface area contributed by atoms with Gasteiger partial charge in [-0.3, -0.25) is 14.4 Å². The number of anilines is 1. The molecule has 2 amide bonds. The van der Waals surface area contributed by atoms with E-state index in [2.05, 4.69) is 0 Å². The van der Waals surface area contributed by atoms with Crippen molar-refractivity contribution in [2.45, 2.75) is 19.8 Å². The molecule has 0 spiro atoms. The molecule has 0 saturated carbocycles. The van der Waals surface area contributed by atoms with E-state index >= 15 is 0 Å². The molecule has 202 valence electrons. The van der Waals surface area contributed by atoms with Crippen molar-refractivity contribution < 1.29 is 28.6 Å². The van der Waals surface area contributed by atoms with Gasteiger partial charge in [-0.1, -0.05) is 60.2 Å². The van der Waals surface area contributed by atoms with Gasteiger partial charge in [0.05, 0.1) is 23.4 Å². The molecule has 4 atom stereocenters. The molecule has 3 heterocycles. The lowest BCUT2D eigenvalue weighted by Crippen LogP contribution is -2.42. The normalized spacial score (nSPS) is 24.1. The Bertz CT molecular complexity index is 1870. The first-order valence-corrected chi connectivity index (χ1v) is 13.7. The highest BCUT2D eigenvalue weighted by molar-refractivity contribution is 6.25. The number of esters is 1. The number of ether oxygens (including phenoxy) is 3. The lowest BCUT2D eigenvalue weighted by atomic mass is 9.64. The van der Waals surface area contributed by atoms with Crippen LogP contribution in [-0.4, -0.2) is 24.6 Å². The van der Waals surface area contributed by atoms with Crippen LogP contribution in [0, 0.1) is 31.6 Å². The number of imide groups is 1. The van der Waals surface area contributed by atoms with E-state index in [-0.39, 0.29) is 18.6 Å². The SMILES string of the molecule is Cc1ccc(N2C(=O)[C@@H]3[C@@H]4C(=O)Oc5ccc6ccccc6c5C4=C[C@@H](c4ccc5c(c4)OCO5)[C@@H]3C2=O)c(C)c1. The molecule has 41 heavy (non-hydrogen) atoms. The Kier molecular flexibility index (Phi) is 4.99. The van der Waals surface area contributed by atoms with Crippen LogP contribution < -0.4 is 19.1 Å². The molecule has 7 nitrogen and oxygen atoms in total. The topological polar surface area (TPSA) is 82.1 Å². The van der Waals surface area contributed by atoms with Crippen molar-refractivity contribution in [1.29, 1.82) is 0 Å². The van der Waals surface area contributed by atoms with Gasteiger partial charge < -0.3 is 14.2 Å². The minimum Gasteiger partial charge on any atom is -0.454 e. The van der Waals surface area contributed by atoms with Crippen LogP contribution in [0.3, 0.4) is 0 Å². The fourth-order valence-electron chi connectivity index (χ4n) is 7.07. The summed E-state index contributed by atoms with van der Waals surface area (Å²) in [5, 5.41) is 1.93. The van der Waals surface area contributed by atoms with Gasteiger partial charge in [-0.15, -0.1) is 0 Å². The maximum atomic E-state index is 14.4. The zero-order valence-corrected chi connectivity index (χ0v) is 22.4. The predicted octanol–water partition coefficient (Wildman–Crippen LogP) is 5.71. The molecule has 4 aliphatic rings. The average Bonchev–Trinajstić information content (AvgIpc) is 3.54. The van der Waals surface area contributed by atoms with Crippen LogP contribution >= 0.6 is 0 Å². The summed E-state index contributed by atoms with van der Waals surface area (Å²) in [5.74, 6) is -2.62. The molecule has 0 N–H and O–H groups in total. The summed E-state index contributed by atoms with van der Waals surface area (Å²) in [4.78, 5) is 43.6. The first kappa shape index (κ1) is 23.9. The van der Waals surface area contributed by atoms with Crippen LogP contribution in [-0.2, 0) is 14.4 Å². The Labute approximate surface area is 235 Å². The summed E-state index contributed by atoms with van der Waals surface area (Å²) < 4.78 is 17.1. The first-order chi connectivity index (χ1) is 19.9. The molecule has 3 aliphatic heterocycles. The molecule has 0 aromatic heterocycles. The minimum atomic E-state index is -0.918. The third-order valence-corrected chi connectivity index (χ3v) is 8.86. The number of hydrogen-bond donors (Lipinski definition) is 0. The maximum Gasteiger partial charge on any atom is 0.319 e. The molecule has 8 rings (SSSR count). The third-order valence-electron chi connectivity index (χ3n) is 8.86. The number of amides is 2. The van der Waals surface area contributed by atoms with Gasteiger partial charge in [0.25, 0.3) is 0 Å². The van der Waals surface area contributed by atoms with E-state index < -0.39 is 29.6 Å². The molecule has 0 radical (unpaired) electrons. The monoisotopic (exact) mass is 543 g/mol. The zero-order chi connectivity index (χ0) is 28.0. The number of allylic oxidation sites excluding steroid dienone is 1. The molecule has 0 bridgehead atoms. The number of aryl methyl sites for hydroxylation is 2. The number of fused-ring (bicyclic) bond motifs is 8. The number of hydrogen-bond acceptors (Lipinski definition) is 6. The highest BCUT2D eigenvalue weighted by Gasteiger charge is 2.60. The Balaban J connectivity index is 1.37. The largest absolute Gasteiger partial charge is 0.454 e. The highest BCUT2D eigenvalue weighted by atomic mass is 16.7. The summed E-state index contributed by atoms with van der Waals surface area (Å²) in [7, 11) is 0. The van der Waals surface area contributed by atoms with E-state index in [4.69, 9.17) is 14.2 Å². The minimum absolute atomic E-state index is 0.127. The molecular formula is C34H25NO6. The fraction of sp³-hybridized carbons (Fsp3) is 0.206. The van der Waals surface area contributed by atoms with Gasteiger partial charge in [0.2, 0.25) is 18.6 Å². The van der Waals surface area contributed by atoms with E-state index in [0.717, 1.165) is 38.6 Å². The van der Waals surface area contributed by atoms with E-state index in [9.17, 15) is 14.4 Å². The standard InChI is InChI=1S/C34H25NO6/c1-17-7-10-24(18(2)13-17)35-32(36)29-22(20-9-11-25-27(14-20)40-16-39-25)15-23-28-21-6-4-3-5-19(21)8-12-26(28)41-34(38)30(23)31(29)33(35)37/h3-15,22,29-31H,16H2,1-2H3/t22-,29-,30+,31-/m0/s1. The molecule has 0 unspecified atom stereocenters. The number of nitrogens with zero attached hydrogens (tertiary/aromatic N) is 1. The summed E-state index contributed by atoms with van der Waals surface area (Å²) >= 11 is 0. The molecule has 1 aliphatic carbocycles. The van der Waals surface area contributed by atoms with Crippen LogP contribution in [0.5, 0.6) is 17.2 Å². The molecule has 1 fully saturated rings. The number of benzene rings is 4. The smallest absolute Gasteiger partial charge is 0.319 e. The van der Waals surface area contributed by atoms with E-state index in [1.165, 1.54) is 4.90 Å². The van der Waals surface area contributed by atoms with Crippen molar-refractivity contribution in [2.24, 2.45) is 17.8 Å². The van der Waals surface area contributed by atoms with Crippen molar-refractivity contribution >= 4 is 39.8 Å². The lowest BCUT2D eigenvalue weighted by molar-refractivity contribution is -0.142. The second-order valence-corrected chi connectivity index (χ2v) is 11.2. The van der Waals surface area contributed by atoms with Crippen molar-refractivity contribution in [2.75, 3.05) is 11.7 Å². The van der Waals surface area contributed by atoms with Gasteiger partial charge >= 0.3 is 5.97 Å². The highest BCUT2D eigenvalue weighted by Crippen LogP contribution is 2.56. The summed E-state index contributed by atoms with van der Waals surface area (Å²) in [6.07, 6.45) is 2.01. The van der Waals surface area contributed by atoms with Crippen molar-refractivity contribution in [3.05, 3.63) is 101 Å². The van der Waals surface area contributed by atoms with Gasteiger partial charge in [0.15, 0.2) is 11.5 Å². The first-order valence-electron chi connectivity index (χ1n) is 13.7. The van der Waals surface area contributed by atoms with E-state index in [0.29, 0.717) is 22.9 Å². The number of carbonyl (C=O) groups excluding carboxylic acids is 3. The van der Waals surface area contributed by atoms with Crippen LogP contribution in [0.2, 0.25) is 0 Å². The Morgan fingerprint density at radius 3 is 2.41 bits per heavy atom. The van der Waals surface area contributed by atoms with Crippen molar-refractivity contribution in [1.82, 2.24) is 0 Å². The van der Waals surface area contributed by atoms with Gasteiger partial charge in [-0.25, -0.2) is 4.90 Å². The van der Waals surface area contributed by atoms with E-state index in [1.54, 1.807) is 6.07 Å². The van der Waals surface area contributed by atoms with Gasteiger partial charge in [-0.05, 0) is 65.6 Å². The summed E-state index contributed by atoms with van der Waals surface area (Å²) in [6.45, 7) is 3.98. The molecular weight excluding hydrogens is 518 g/mol.